The molecular weight excluding hydrogens is 272 g/mol. The number of halogens is 3. The molecule has 1 N–H and O–H groups in total. The van der Waals surface area contributed by atoms with Crippen molar-refractivity contribution in [2.75, 3.05) is 5.32 Å². The first kappa shape index (κ1) is 13.2. The first-order chi connectivity index (χ1) is 8.56. The molecule has 0 aliphatic rings. The van der Waals surface area contributed by atoms with E-state index in [4.69, 9.17) is 23.2 Å². The van der Waals surface area contributed by atoms with Gasteiger partial charge in [-0.15, -0.1) is 0 Å². The molecule has 0 spiro atoms. The second kappa shape index (κ2) is 5.59. The summed E-state index contributed by atoms with van der Waals surface area (Å²) >= 11 is 11.5. The number of rotatable bonds is 3. The molecule has 2 aromatic rings. The van der Waals surface area contributed by atoms with E-state index < -0.39 is 5.82 Å². The van der Waals surface area contributed by atoms with Gasteiger partial charge in [-0.05, 0) is 24.6 Å². The smallest absolute Gasteiger partial charge is 0.160 e. The van der Waals surface area contributed by atoms with Crippen molar-refractivity contribution in [2.45, 2.75) is 13.5 Å². The van der Waals surface area contributed by atoms with Crippen LogP contribution in [-0.4, -0.2) is 0 Å². The lowest BCUT2D eigenvalue weighted by atomic mass is 10.1. The summed E-state index contributed by atoms with van der Waals surface area (Å²) in [6.45, 7) is 2.68. The van der Waals surface area contributed by atoms with Crippen molar-refractivity contribution in [3.8, 4) is 0 Å². The maximum Gasteiger partial charge on any atom is 0.160 e. The second-order valence-electron chi connectivity index (χ2n) is 4.10. The molecule has 0 saturated carbocycles. The summed E-state index contributed by atoms with van der Waals surface area (Å²) in [6.07, 6.45) is 0. The Balaban J connectivity index is 2.11. The largest absolute Gasteiger partial charge is 0.381 e. The van der Waals surface area contributed by atoms with Crippen LogP contribution in [0.3, 0.4) is 0 Å². The maximum absolute atomic E-state index is 13.2. The molecule has 0 saturated heterocycles. The average molecular weight is 284 g/mol. The lowest BCUT2D eigenvalue weighted by Gasteiger charge is -2.09. The Morgan fingerprint density at radius 2 is 1.78 bits per heavy atom. The highest BCUT2D eigenvalue weighted by atomic mass is 35.5. The average Bonchev–Trinajstić information content (AvgIpc) is 2.33. The van der Waals surface area contributed by atoms with Crippen LogP contribution in [0, 0.1) is 12.7 Å². The lowest BCUT2D eigenvalue weighted by molar-refractivity contribution is 0.629. The summed E-state index contributed by atoms with van der Waals surface area (Å²) in [5, 5.41) is 3.21. The quantitative estimate of drug-likeness (QED) is 0.777. The third kappa shape index (κ3) is 3.15. The Labute approximate surface area is 116 Å². The van der Waals surface area contributed by atoms with Crippen LogP contribution in [0.25, 0.3) is 0 Å². The Hall–Kier alpha value is -1.25. The zero-order valence-electron chi connectivity index (χ0n) is 9.81. The molecule has 0 aliphatic heterocycles. The Morgan fingerprint density at radius 1 is 1.11 bits per heavy atom. The highest BCUT2D eigenvalue weighted by molar-refractivity contribution is 6.35. The molecule has 0 unspecified atom stereocenters. The van der Waals surface area contributed by atoms with E-state index in [0.717, 1.165) is 5.56 Å². The SMILES string of the molecule is Cc1cccc(CNc2cc(Cl)c(F)c(Cl)c2)c1. The van der Waals surface area contributed by atoms with E-state index in [1.54, 1.807) is 0 Å². The van der Waals surface area contributed by atoms with E-state index in [1.165, 1.54) is 17.7 Å². The van der Waals surface area contributed by atoms with Gasteiger partial charge in [0.1, 0.15) is 0 Å². The highest BCUT2D eigenvalue weighted by Crippen LogP contribution is 2.27. The van der Waals surface area contributed by atoms with Gasteiger partial charge in [0, 0.05) is 12.2 Å². The molecule has 0 heterocycles. The van der Waals surface area contributed by atoms with Crippen LogP contribution in [0.4, 0.5) is 10.1 Å². The zero-order chi connectivity index (χ0) is 13.1. The fourth-order valence-electron chi connectivity index (χ4n) is 1.68. The van der Waals surface area contributed by atoms with E-state index in [1.807, 2.05) is 25.1 Å². The third-order valence-electron chi connectivity index (χ3n) is 2.56. The first-order valence-electron chi connectivity index (χ1n) is 5.50. The van der Waals surface area contributed by atoms with Crippen LogP contribution in [0.15, 0.2) is 36.4 Å². The van der Waals surface area contributed by atoms with Gasteiger partial charge >= 0.3 is 0 Å². The standard InChI is InChI=1S/C14H12Cl2FN/c1-9-3-2-4-10(5-9)8-18-11-6-12(15)14(17)13(16)7-11/h2-7,18H,8H2,1H3. The predicted octanol–water partition coefficient (Wildman–Crippen LogP) is 5.05. The van der Waals surface area contributed by atoms with Gasteiger partial charge in [-0.3, -0.25) is 0 Å². The number of anilines is 1. The van der Waals surface area contributed by atoms with E-state index in [-0.39, 0.29) is 10.0 Å². The van der Waals surface area contributed by atoms with Crippen LogP contribution in [0.5, 0.6) is 0 Å². The van der Waals surface area contributed by atoms with E-state index in [9.17, 15) is 4.39 Å². The molecule has 4 heteroatoms. The molecule has 94 valence electrons. The van der Waals surface area contributed by atoms with E-state index in [0.29, 0.717) is 12.2 Å². The van der Waals surface area contributed by atoms with Crippen LogP contribution in [0.1, 0.15) is 11.1 Å². The Morgan fingerprint density at radius 3 is 2.39 bits per heavy atom. The van der Waals surface area contributed by atoms with Crippen LogP contribution in [-0.2, 0) is 6.54 Å². The fraction of sp³-hybridized carbons (Fsp3) is 0.143. The Bertz CT molecular complexity index is 546. The summed E-state index contributed by atoms with van der Waals surface area (Å²) < 4.78 is 13.2. The van der Waals surface area contributed by atoms with Crippen molar-refractivity contribution >= 4 is 28.9 Å². The fourth-order valence-corrected chi connectivity index (χ4v) is 2.17. The van der Waals surface area contributed by atoms with E-state index >= 15 is 0 Å². The maximum atomic E-state index is 13.2. The second-order valence-corrected chi connectivity index (χ2v) is 4.91. The van der Waals surface area contributed by atoms with Gasteiger partial charge in [-0.1, -0.05) is 53.0 Å². The molecule has 0 radical (unpaired) electrons. The summed E-state index contributed by atoms with van der Waals surface area (Å²) in [7, 11) is 0. The number of hydrogen-bond donors (Lipinski definition) is 1. The number of hydrogen-bond acceptors (Lipinski definition) is 1. The third-order valence-corrected chi connectivity index (χ3v) is 3.11. The van der Waals surface area contributed by atoms with Crippen molar-refractivity contribution in [3.05, 3.63) is 63.4 Å². The predicted molar refractivity (Wildman–Crippen MR) is 74.9 cm³/mol. The molecule has 2 aromatic carbocycles. The molecule has 0 bridgehead atoms. The van der Waals surface area contributed by atoms with Crippen LogP contribution >= 0.6 is 23.2 Å². The van der Waals surface area contributed by atoms with Crippen LogP contribution in [0.2, 0.25) is 10.0 Å². The normalized spacial score (nSPS) is 10.4. The minimum atomic E-state index is -0.584. The molecule has 0 fully saturated rings. The Kier molecular flexibility index (Phi) is 4.10. The van der Waals surface area contributed by atoms with Crippen molar-refractivity contribution in [1.29, 1.82) is 0 Å². The van der Waals surface area contributed by atoms with Crippen molar-refractivity contribution < 1.29 is 4.39 Å². The van der Waals surface area contributed by atoms with Crippen molar-refractivity contribution in [3.63, 3.8) is 0 Å². The van der Waals surface area contributed by atoms with Gasteiger partial charge in [0.05, 0.1) is 10.0 Å². The molecule has 0 aliphatic carbocycles. The van der Waals surface area contributed by atoms with Gasteiger partial charge < -0.3 is 5.32 Å². The van der Waals surface area contributed by atoms with Gasteiger partial charge in [-0.2, -0.15) is 0 Å². The molecule has 2 rings (SSSR count). The minimum absolute atomic E-state index is 0.0224. The molecule has 18 heavy (non-hydrogen) atoms. The molecular formula is C14H12Cl2FN. The van der Waals surface area contributed by atoms with Crippen LogP contribution < -0.4 is 5.32 Å². The molecule has 1 nitrogen and oxygen atoms in total. The van der Waals surface area contributed by atoms with Crippen molar-refractivity contribution in [1.82, 2.24) is 0 Å². The number of benzene rings is 2. The summed E-state index contributed by atoms with van der Waals surface area (Å²) in [6, 6.07) is 11.2. The molecule has 0 amide bonds. The molecule has 0 atom stereocenters. The van der Waals surface area contributed by atoms with Crippen molar-refractivity contribution in [2.24, 2.45) is 0 Å². The number of nitrogens with one attached hydrogen (secondary N) is 1. The lowest BCUT2D eigenvalue weighted by Crippen LogP contribution is -2.00. The number of aryl methyl sites for hydroxylation is 1. The summed E-state index contributed by atoms with van der Waals surface area (Å²) in [4.78, 5) is 0. The molecule has 0 aromatic heterocycles. The zero-order valence-corrected chi connectivity index (χ0v) is 11.3. The first-order valence-corrected chi connectivity index (χ1v) is 6.26. The minimum Gasteiger partial charge on any atom is -0.381 e. The van der Waals surface area contributed by atoms with Gasteiger partial charge in [0.2, 0.25) is 0 Å². The summed E-state index contributed by atoms with van der Waals surface area (Å²) in [5.74, 6) is -0.584. The van der Waals surface area contributed by atoms with Gasteiger partial charge in [-0.25, -0.2) is 4.39 Å². The van der Waals surface area contributed by atoms with Gasteiger partial charge in [0.25, 0.3) is 0 Å². The highest BCUT2D eigenvalue weighted by Gasteiger charge is 2.07. The topological polar surface area (TPSA) is 12.0 Å². The summed E-state index contributed by atoms with van der Waals surface area (Å²) in [5.41, 5.74) is 3.05. The van der Waals surface area contributed by atoms with Gasteiger partial charge in [0.15, 0.2) is 5.82 Å². The monoisotopic (exact) mass is 283 g/mol. The van der Waals surface area contributed by atoms with E-state index in [2.05, 4.69) is 11.4 Å².